The van der Waals surface area contributed by atoms with E-state index in [0.717, 1.165) is 0 Å². The van der Waals surface area contributed by atoms with E-state index in [9.17, 15) is 14.3 Å². The third-order valence-corrected chi connectivity index (χ3v) is 5.31. The average Bonchev–Trinajstić information content (AvgIpc) is 2.60. The van der Waals surface area contributed by atoms with Crippen molar-refractivity contribution in [3.63, 3.8) is 0 Å². The molecule has 0 bridgehead atoms. The number of hydrogen-bond acceptors (Lipinski definition) is 5. The van der Waals surface area contributed by atoms with Gasteiger partial charge in [0.1, 0.15) is 11.6 Å². The Balaban J connectivity index is 1.71. The molecule has 2 fully saturated rings. The Morgan fingerprint density at radius 2 is 2.11 bits per heavy atom. The summed E-state index contributed by atoms with van der Waals surface area (Å²) in [5.74, 6) is -0.172. The largest absolute Gasteiger partial charge is 0.497 e. The lowest BCUT2D eigenvalue weighted by Crippen LogP contribution is -2.61. The van der Waals surface area contributed by atoms with E-state index >= 15 is 0 Å². The first kappa shape index (κ1) is 20.0. The fraction of sp³-hybridized carbons (Fsp3) is 0.650. The van der Waals surface area contributed by atoms with Crippen molar-refractivity contribution in [3.05, 3.63) is 29.6 Å². The highest BCUT2D eigenvalue weighted by atomic mass is 19.1. The number of β-amino-alcohol motifs (C(OH)–C–C–N with tert-alkyl or cyclic N) is 1. The minimum absolute atomic E-state index is 0.124. The Kier molecular flexibility index (Phi) is 5.74. The van der Waals surface area contributed by atoms with Gasteiger partial charge in [0.05, 0.1) is 19.3 Å². The van der Waals surface area contributed by atoms with E-state index < -0.39 is 5.60 Å². The molecule has 150 valence electrons. The van der Waals surface area contributed by atoms with Gasteiger partial charge in [0.15, 0.2) is 5.60 Å². The van der Waals surface area contributed by atoms with Gasteiger partial charge in [0.25, 0.3) is 5.91 Å². The van der Waals surface area contributed by atoms with E-state index in [-0.39, 0.29) is 30.4 Å². The topological polar surface area (TPSA) is 62.2 Å². The SMILES string of the molecule is COc1ccc(F)c(CN2CCC[C@](O)(CN3CCOC(C)(C)C3)C2=O)c1. The molecular weight excluding hydrogens is 351 g/mol. The summed E-state index contributed by atoms with van der Waals surface area (Å²) in [4.78, 5) is 16.6. The van der Waals surface area contributed by atoms with Crippen LogP contribution in [0, 0.1) is 5.82 Å². The smallest absolute Gasteiger partial charge is 0.256 e. The van der Waals surface area contributed by atoms with Gasteiger partial charge < -0.3 is 19.5 Å². The van der Waals surface area contributed by atoms with Gasteiger partial charge in [-0.2, -0.15) is 0 Å². The molecule has 1 N–H and O–H groups in total. The molecule has 0 unspecified atom stereocenters. The molecule has 2 aliphatic rings. The van der Waals surface area contributed by atoms with Crippen LogP contribution in [0.4, 0.5) is 4.39 Å². The second kappa shape index (κ2) is 7.73. The zero-order valence-electron chi connectivity index (χ0n) is 16.3. The fourth-order valence-corrected chi connectivity index (χ4v) is 3.99. The first-order valence-electron chi connectivity index (χ1n) is 9.43. The van der Waals surface area contributed by atoms with Crippen LogP contribution in [-0.4, -0.2) is 71.9 Å². The number of carbonyl (C=O) groups is 1. The summed E-state index contributed by atoms with van der Waals surface area (Å²) in [5.41, 5.74) is -1.35. The number of carbonyl (C=O) groups excluding carboxylic acids is 1. The van der Waals surface area contributed by atoms with E-state index in [0.29, 0.717) is 50.4 Å². The van der Waals surface area contributed by atoms with Crippen LogP contribution < -0.4 is 4.74 Å². The number of halogens is 1. The van der Waals surface area contributed by atoms with Crippen LogP contribution >= 0.6 is 0 Å². The van der Waals surface area contributed by atoms with E-state index in [1.165, 1.54) is 13.2 Å². The van der Waals surface area contributed by atoms with Gasteiger partial charge in [0, 0.05) is 38.3 Å². The van der Waals surface area contributed by atoms with Crippen LogP contribution in [0.5, 0.6) is 5.75 Å². The van der Waals surface area contributed by atoms with E-state index in [1.807, 2.05) is 13.8 Å². The predicted molar refractivity (Wildman–Crippen MR) is 99.0 cm³/mol. The van der Waals surface area contributed by atoms with Crippen LogP contribution in [0.3, 0.4) is 0 Å². The van der Waals surface area contributed by atoms with Crippen molar-refractivity contribution in [2.45, 2.75) is 44.4 Å². The van der Waals surface area contributed by atoms with Crippen LogP contribution in [0.2, 0.25) is 0 Å². The summed E-state index contributed by atoms with van der Waals surface area (Å²) >= 11 is 0. The molecule has 6 nitrogen and oxygen atoms in total. The lowest BCUT2D eigenvalue weighted by atomic mass is 9.90. The van der Waals surface area contributed by atoms with Crippen LogP contribution in [0.1, 0.15) is 32.3 Å². The van der Waals surface area contributed by atoms with Gasteiger partial charge in [-0.15, -0.1) is 0 Å². The molecule has 0 radical (unpaired) electrons. The number of piperidine rings is 1. The molecule has 3 rings (SSSR count). The molecular formula is C20H29FN2O4. The second-order valence-corrected chi connectivity index (χ2v) is 8.14. The number of benzene rings is 1. The first-order chi connectivity index (χ1) is 12.7. The summed E-state index contributed by atoms with van der Waals surface area (Å²) in [7, 11) is 1.52. The summed E-state index contributed by atoms with van der Waals surface area (Å²) < 4.78 is 25.0. The number of amides is 1. The Labute approximate surface area is 159 Å². The van der Waals surface area contributed by atoms with Crippen molar-refractivity contribution >= 4 is 5.91 Å². The monoisotopic (exact) mass is 380 g/mol. The second-order valence-electron chi connectivity index (χ2n) is 8.14. The Morgan fingerprint density at radius 1 is 1.33 bits per heavy atom. The molecule has 1 amide bonds. The van der Waals surface area contributed by atoms with E-state index in [4.69, 9.17) is 9.47 Å². The highest BCUT2D eigenvalue weighted by molar-refractivity contribution is 5.86. The van der Waals surface area contributed by atoms with Gasteiger partial charge in [-0.1, -0.05) is 0 Å². The number of hydrogen-bond donors (Lipinski definition) is 1. The molecule has 0 spiro atoms. The fourth-order valence-electron chi connectivity index (χ4n) is 3.99. The van der Waals surface area contributed by atoms with Gasteiger partial charge >= 0.3 is 0 Å². The first-order valence-corrected chi connectivity index (χ1v) is 9.43. The van der Waals surface area contributed by atoms with Crippen molar-refractivity contribution in [1.29, 1.82) is 0 Å². The lowest BCUT2D eigenvalue weighted by Gasteiger charge is -2.44. The van der Waals surface area contributed by atoms with Crippen LogP contribution in [0.25, 0.3) is 0 Å². The molecule has 0 saturated carbocycles. The molecule has 1 aromatic rings. The predicted octanol–water partition coefficient (Wildman–Crippen LogP) is 1.80. The molecule has 0 aliphatic carbocycles. The lowest BCUT2D eigenvalue weighted by molar-refractivity contribution is -0.165. The highest BCUT2D eigenvalue weighted by Crippen LogP contribution is 2.28. The molecule has 0 aromatic heterocycles. The zero-order valence-corrected chi connectivity index (χ0v) is 16.3. The van der Waals surface area contributed by atoms with Gasteiger partial charge in [0.2, 0.25) is 0 Å². The standard InChI is InChI=1S/C20H29FN2O4/c1-19(2)13-22(9-10-27-19)14-20(25)7-4-8-23(18(20)24)12-15-11-16(26-3)5-6-17(15)21/h5-6,11,25H,4,7-10,12-14H2,1-3H3/t20-/m0/s1. The molecule has 27 heavy (non-hydrogen) atoms. The van der Waals surface area contributed by atoms with E-state index in [1.54, 1.807) is 17.0 Å². The van der Waals surface area contributed by atoms with Gasteiger partial charge in [-0.05, 0) is 44.9 Å². The normalized spacial score (nSPS) is 26.3. The van der Waals surface area contributed by atoms with Crippen LogP contribution in [-0.2, 0) is 16.1 Å². The molecule has 2 heterocycles. The average molecular weight is 380 g/mol. The minimum atomic E-state index is -1.44. The quantitative estimate of drug-likeness (QED) is 0.844. The minimum Gasteiger partial charge on any atom is -0.497 e. The molecule has 2 saturated heterocycles. The van der Waals surface area contributed by atoms with Crippen molar-refractivity contribution in [3.8, 4) is 5.75 Å². The Morgan fingerprint density at radius 3 is 2.81 bits per heavy atom. The number of methoxy groups -OCH3 is 1. The maximum Gasteiger partial charge on any atom is 0.256 e. The summed E-state index contributed by atoms with van der Waals surface area (Å²) in [6.07, 6.45) is 1.10. The van der Waals surface area contributed by atoms with Crippen molar-refractivity contribution in [1.82, 2.24) is 9.80 Å². The number of rotatable bonds is 5. The molecule has 2 aliphatic heterocycles. The van der Waals surface area contributed by atoms with Crippen molar-refractivity contribution < 1.29 is 23.8 Å². The zero-order chi connectivity index (χ0) is 19.7. The Hall–Kier alpha value is -1.70. The van der Waals surface area contributed by atoms with Crippen molar-refractivity contribution in [2.24, 2.45) is 0 Å². The number of aliphatic hydroxyl groups is 1. The van der Waals surface area contributed by atoms with Gasteiger partial charge in [-0.3, -0.25) is 9.69 Å². The summed E-state index contributed by atoms with van der Waals surface area (Å²) in [5, 5.41) is 11.1. The number of morpholine rings is 1. The Bertz CT molecular complexity index is 697. The summed E-state index contributed by atoms with van der Waals surface area (Å²) in [6, 6.07) is 4.48. The highest BCUT2D eigenvalue weighted by Gasteiger charge is 2.44. The number of nitrogens with zero attached hydrogens (tertiary/aromatic N) is 2. The molecule has 1 atom stereocenters. The van der Waals surface area contributed by atoms with E-state index in [2.05, 4.69) is 4.90 Å². The maximum absolute atomic E-state index is 14.2. The van der Waals surface area contributed by atoms with Gasteiger partial charge in [-0.25, -0.2) is 4.39 Å². The third kappa shape index (κ3) is 4.59. The third-order valence-electron chi connectivity index (χ3n) is 5.31. The maximum atomic E-state index is 14.2. The van der Waals surface area contributed by atoms with Crippen molar-refractivity contribution in [2.75, 3.05) is 39.9 Å². The molecule has 1 aromatic carbocycles. The number of likely N-dealkylation sites (tertiary alicyclic amines) is 1. The molecule has 7 heteroatoms. The number of ether oxygens (including phenoxy) is 2. The van der Waals surface area contributed by atoms with Crippen LogP contribution in [0.15, 0.2) is 18.2 Å². The summed E-state index contributed by atoms with van der Waals surface area (Å²) in [6.45, 7) is 6.83.